The SMILES string of the molecule is COCCNc1nc(-c2ccc(C3CCN(C(=O)O)CC3)cc2)cc2ncn(C)c(=O)c12. The molecule has 0 saturated carbocycles. The van der Waals surface area contributed by atoms with Gasteiger partial charge in [-0.2, -0.15) is 0 Å². The number of likely N-dealkylation sites (tertiary alicyclic amines) is 1. The molecule has 32 heavy (non-hydrogen) atoms. The van der Waals surface area contributed by atoms with Crippen LogP contribution >= 0.6 is 0 Å². The maximum absolute atomic E-state index is 12.7. The molecular formula is C23H27N5O4. The third-order valence-corrected chi connectivity index (χ3v) is 5.94. The van der Waals surface area contributed by atoms with Gasteiger partial charge in [-0.15, -0.1) is 0 Å². The number of amides is 1. The Morgan fingerprint density at radius 2 is 1.97 bits per heavy atom. The fourth-order valence-electron chi connectivity index (χ4n) is 4.10. The average Bonchev–Trinajstić information content (AvgIpc) is 2.81. The van der Waals surface area contributed by atoms with E-state index in [0.29, 0.717) is 48.9 Å². The number of carbonyl (C=O) groups is 1. The number of aryl methyl sites for hydroxylation is 1. The van der Waals surface area contributed by atoms with Crippen LogP contribution in [0.2, 0.25) is 0 Å². The zero-order valence-corrected chi connectivity index (χ0v) is 18.2. The molecule has 9 heteroatoms. The van der Waals surface area contributed by atoms with Crippen LogP contribution in [-0.4, -0.2) is 64.0 Å². The van der Waals surface area contributed by atoms with Crippen molar-refractivity contribution >= 4 is 22.8 Å². The smallest absolute Gasteiger partial charge is 0.407 e. The van der Waals surface area contributed by atoms with Gasteiger partial charge in [0.25, 0.3) is 5.56 Å². The summed E-state index contributed by atoms with van der Waals surface area (Å²) >= 11 is 0. The van der Waals surface area contributed by atoms with Crippen molar-refractivity contribution in [3.8, 4) is 11.3 Å². The molecular weight excluding hydrogens is 410 g/mol. The van der Waals surface area contributed by atoms with Gasteiger partial charge in [0.05, 0.1) is 24.1 Å². The first-order valence-electron chi connectivity index (χ1n) is 10.7. The van der Waals surface area contributed by atoms with Crippen molar-refractivity contribution < 1.29 is 14.6 Å². The first-order chi connectivity index (χ1) is 15.5. The number of nitrogens with zero attached hydrogens (tertiary/aromatic N) is 4. The summed E-state index contributed by atoms with van der Waals surface area (Å²) in [5.74, 6) is 0.841. The number of fused-ring (bicyclic) bond motifs is 1. The van der Waals surface area contributed by atoms with Crippen molar-refractivity contribution in [3.63, 3.8) is 0 Å². The molecule has 0 spiro atoms. The van der Waals surface area contributed by atoms with E-state index < -0.39 is 6.09 Å². The van der Waals surface area contributed by atoms with Crippen molar-refractivity contribution in [2.24, 2.45) is 7.05 Å². The monoisotopic (exact) mass is 437 g/mol. The van der Waals surface area contributed by atoms with Gasteiger partial charge in [-0.05, 0) is 30.4 Å². The number of benzene rings is 1. The van der Waals surface area contributed by atoms with Crippen molar-refractivity contribution in [3.05, 3.63) is 52.6 Å². The van der Waals surface area contributed by atoms with Crippen molar-refractivity contribution in [1.82, 2.24) is 19.4 Å². The largest absolute Gasteiger partial charge is 0.465 e. The van der Waals surface area contributed by atoms with E-state index in [1.54, 1.807) is 14.2 Å². The highest BCUT2D eigenvalue weighted by Gasteiger charge is 2.23. The number of rotatable bonds is 6. The minimum atomic E-state index is -0.848. The van der Waals surface area contributed by atoms with E-state index in [1.807, 2.05) is 18.2 Å². The summed E-state index contributed by atoms with van der Waals surface area (Å²) in [4.78, 5) is 34.4. The second-order valence-electron chi connectivity index (χ2n) is 8.00. The first-order valence-corrected chi connectivity index (χ1v) is 10.7. The summed E-state index contributed by atoms with van der Waals surface area (Å²) in [6, 6.07) is 10.0. The topological polar surface area (TPSA) is 110 Å². The van der Waals surface area contributed by atoms with E-state index in [4.69, 9.17) is 14.8 Å². The van der Waals surface area contributed by atoms with E-state index in [-0.39, 0.29) is 5.56 Å². The maximum Gasteiger partial charge on any atom is 0.407 e. The number of aromatic nitrogens is 3. The molecule has 0 unspecified atom stereocenters. The number of methoxy groups -OCH3 is 1. The van der Waals surface area contributed by atoms with Crippen molar-refractivity contribution in [2.45, 2.75) is 18.8 Å². The number of piperidine rings is 1. The number of hydrogen-bond acceptors (Lipinski definition) is 6. The Kier molecular flexibility index (Phi) is 6.36. The minimum Gasteiger partial charge on any atom is -0.465 e. The molecule has 2 N–H and O–H groups in total. The van der Waals surface area contributed by atoms with Crippen LogP contribution in [0.25, 0.3) is 22.2 Å². The van der Waals surface area contributed by atoms with Gasteiger partial charge in [-0.1, -0.05) is 24.3 Å². The van der Waals surface area contributed by atoms with Crippen LogP contribution in [0.4, 0.5) is 10.6 Å². The van der Waals surface area contributed by atoms with E-state index in [1.165, 1.54) is 21.4 Å². The highest BCUT2D eigenvalue weighted by atomic mass is 16.5. The van der Waals surface area contributed by atoms with E-state index in [9.17, 15) is 9.59 Å². The fourth-order valence-corrected chi connectivity index (χ4v) is 4.10. The van der Waals surface area contributed by atoms with Gasteiger partial charge >= 0.3 is 6.09 Å². The molecule has 0 bridgehead atoms. The van der Waals surface area contributed by atoms with Crippen LogP contribution in [0.1, 0.15) is 24.3 Å². The van der Waals surface area contributed by atoms with Gasteiger partial charge < -0.3 is 24.6 Å². The lowest BCUT2D eigenvalue weighted by Gasteiger charge is -2.30. The molecule has 1 aromatic carbocycles. The van der Waals surface area contributed by atoms with E-state index in [2.05, 4.69) is 22.4 Å². The zero-order chi connectivity index (χ0) is 22.7. The lowest BCUT2D eigenvalue weighted by molar-refractivity contribution is 0.132. The second kappa shape index (κ2) is 9.35. The van der Waals surface area contributed by atoms with E-state index in [0.717, 1.165) is 24.1 Å². The minimum absolute atomic E-state index is 0.156. The summed E-state index contributed by atoms with van der Waals surface area (Å²) < 4.78 is 6.55. The Bertz CT molecular complexity index is 1170. The molecule has 1 amide bonds. The first kappa shape index (κ1) is 21.8. The number of anilines is 1. The molecule has 2 aromatic heterocycles. The van der Waals surface area contributed by atoms with Gasteiger partial charge in [0, 0.05) is 39.4 Å². The zero-order valence-electron chi connectivity index (χ0n) is 18.2. The van der Waals surface area contributed by atoms with Crippen molar-refractivity contribution in [1.29, 1.82) is 0 Å². The normalized spacial score (nSPS) is 14.6. The van der Waals surface area contributed by atoms with Crippen LogP contribution in [-0.2, 0) is 11.8 Å². The Hall–Kier alpha value is -3.46. The summed E-state index contributed by atoms with van der Waals surface area (Å²) in [5, 5.41) is 12.8. The predicted molar refractivity (Wildman–Crippen MR) is 122 cm³/mol. The fraction of sp³-hybridized carbons (Fsp3) is 0.391. The number of ether oxygens (including phenoxy) is 1. The Labute approximate surface area is 185 Å². The summed E-state index contributed by atoms with van der Waals surface area (Å²) in [5.41, 5.74) is 3.28. The quantitative estimate of drug-likeness (QED) is 0.571. The number of carboxylic acid groups (broad SMARTS) is 1. The molecule has 1 aliphatic heterocycles. The van der Waals surface area contributed by atoms with Gasteiger partial charge in [0.15, 0.2) is 0 Å². The Balaban J connectivity index is 1.62. The highest BCUT2D eigenvalue weighted by molar-refractivity contribution is 5.91. The lowest BCUT2D eigenvalue weighted by atomic mass is 9.89. The number of hydrogen-bond donors (Lipinski definition) is 2. The average molecular weight is 438 g/mol. The Morgan fingerprint density at radius 1 is 1.25 bits per heavy atom. The van der Waals surface area contributed by atoms with Gasteiger partial charge in [-0.3, -0.25) is 4.79 Å². The predicted octanol–water partition coefficient (Wildman–Crippen LogP) is 2.91. The third kappa shape index (κ3) is 4.43. The summed E-state index contributed by atoms with van der Waals surface area (Å²) in [6.07, 6.45) is 2.31. The molecule has 9 nitrogen and oxygen atoms in total. The van der Waals surface area contributed by atoms with Crippen LogP contribution in [0.3, 0.4) is 0 Å². The molecule has 3 aromatic rings. The molecule has 168 valence electrons. The molecule has 1 fully saturated rings. The maximum atomic E-state index is 12.7. The highest BCUT2D eigenvalue weighted by Crippen LogP contribution is 2.31. The third-order valence-electron chi connectivity index (χ3n) is 5.94. The van der Waals surface area contributed by atoms with Crippen molar-refractivity contribution in [2.75, 3.05) is 38.7 Å². The molecule has 0 radical (unpaired) electrons. The molecule has 4 rings (SSSR count). The molecule has 0 aliphatic carbocycles. The Morgan fingerprint density at radius 3 is 2.62 bits per heavy atom. The van der Waals surface area contributed by atoms with Crippen LogP contribution in [0.5, 0.6) is 0 Å². The van der Waals surface area contributed by atoms with Crippen LogP contribution in [0, 0.1) is 0 Å². The number of pyridine rings is 1. The summed E-state index contributed by atoms with van der Waals surface area (Å²) in [6.45, 7) is 2.13. The molecule has 1 aliphatic rings. The lowest BCUT2D eigenvalue weighted by Crippen LogP contribution is -2.36. The van der Waals surface area contributed by atoms with E-state index >= 15 is 0 Å². The molecule has 0 atom stereocenters. The number of nitrogens with one attached hydrogen (secondary N) is 1. The van der Waals surface area contributed by atoms with Crippen LogP contribution in [0.15, 0.2) is 41.5 Å². The standard InChI is InChI=1S/C23H27N5O4/c1-27-14-25-19-13-18(26-21(20(19)22(27)29)24-9-12-32-2)17-5-3-15(4-6-17)16-7-10-28(11-8-16)23(30)31/h3-6,13-14,16H,7-12H2,1-2H3,(H,24,26)(H,30,31). The van der Waals surface area contributed by atoms with Gasteiger partial charge in [-0.25, -0.2) is 14.8 Å². The van der Waals surface area contributed by atoms with Crippen LogP contribution < -0.4 is 10.9 Å². The van der Waals surface area contributed by atoms with Gasteiger partial charge in [0.2, 0.25) is 0 Å². The molecule has 1 saturated heterocycles. The molecule has 3 heterocycles. The summed E-state index contributed by atoms with van der Waals surface area (Å²) in [7, 11) is 3.29. The van der Waals surface area contributed by atoms with Gasteiger partial charge in [0.1, 0.15) is 11.2 Å². The second-order valence-corrected chi connectivity index (χ2v) is 8.00.